The highest BCUT2D eigenvalue weighted by Gasteiger charge is 2.12. The first kappa shape index (κ1) is 11.0. The second-order valence-corrected chi connectivity index (χ2v) is 3.68. The topological polar surface area (TPSA) is 88.2 Å². The highest BCUT2D eigenvalue weighted by molar-refractivity contribution is 7.99. The van der Waals surface area contributed by atoms with Gasteiger partial charge in [0.05, 0.1) is 5.75 Å². The fourth-order valence-corrected chi connectivity index (χ4v) is 1.46. The Morgan fingerprint density at radius 2 is 2.36 bits per heavy atom. The van der Waals surface area contributed by atoms with Crippen LogP contribution in [0.4, 0.5) is 0 Å². The van der Waals surface area contributed by atoms with Crippen LogP contribution in [0.5, 0.6) is 0 Å². The molecule has 0 aliphatic heterocycles. The van der Waals surface area contributed by atoms with Crippen molar-refractivity contribution < 1.29 is 15.0 Å². The Morgan fingerprint density at radius 3 is 2.79 bits per heavy atom. The SMILES string of the molecule is CC(O)c1nc(SCC(=O)O)n(C)n1. The van der Waals surface area contributed by atoms with Crippen molar-refractivity contribution in [3.05, 3.63) is 5.82 Å². The van der Waals surface area contributed by atoms with E-state index < -0.39 is 12.1 Å². The van der Waals surface area contributed by atoms with Gasteiger partial charge in [-0.2, -0.15) is 5.10 Å². The van der Waals surface area contributed by atoms with Crippen LogP contribution in [-0.4, -0.2) is 36.7 Å². The summed E-state index contributed by atoms with van der Waals surface area (Å²) in [4.78, 5) is 14.3. The van der Waals surface area contributed by atoms with Gasteiger partial charge in [-0.3, -0.25) is 4.79 Å². The highest BCUT2D eigenvalue weighted by atomic mass is 32.2. The quantitative estimate of drug-likeness (QED) is 0.692. The monoisotopic (exact) mass is 217 g/mol. The summed E-state index contributed by atoms with van der Waals surface area (Å²) in [6.07, 6.45) is -0.736. The maximum absolute atomic E-state index is 10.3. The Hall–Kier alpha value is -1.08. The first-order chi connectivity index (χ1) is 6.50. The van der Waals surface area contributed by atoms with E-state index in [9.17, 15) is 9.90 Å². The van der Waals surface area contributed by atoms with E-state index in [1.807, 2.05) is 0 Å². The predicted molar refractivity (Wildman–Crippen MR) is 50.0 cm³/mol. The maximum Gasteiger partial charge on any atom is 0.313 e. The Balaban J connectivity index is 2.72. The standard InChI is InChI=1S/C7H11N3O3S/c1-4(11)6-8-7(10(2)9-6)14-3-5(12)13/h4,11H,3H2,1-2H3,(H,12,13). The molecule has 1 atom stereocenters. The zero-order chi connectivity index (χ0) is 10.7. The van der Waals surface area contributed by atoms with Crippen molar-refractivity contribution in [1.82, 2.24) is 14.8 Å². The van der Waals surface area contributed by atoms with Crippen LogP contribution in [0.2, 0.25) is 0 Å². The Morgan fingerprint density at radius 1 is 1.71 bits per heavy atom. The number of carboxylic acid groups (broad SMARTS) is 1. The van der Waals surface area contributed by atoms with Gasteiger partial charge in [0.2, 0.25) is 0 Å². The lowest BCUT2D eigenvalue weighted by Gasteiger charge is -1.94. The Labute approximate surface area is 85.0 Å². The zero-order valence-corrected chi connectivity index (χ0v) is 8.65. The van der Waals surface area contributed by atoms with Gasteiger partial charge in [0, 0.05) is 7.05 Å². The molecule has 0 radical (unpaired) electrons. The Kier molecular flexibility index (Phi) is 3.48. The second-order valence-electron chi connectivity index (χ2n) is 2.73. The second kappa shape index (κ2) is 4.43. The number of hydrogen-bond donors (Lipinski definition) is 2. The summed E-state index contributed by atoms with van der Waals surface area (Å²) in [5, 5.41) is 22.0. The van der Waals surface area contributed by atoms with Crippen molar-refractivity contribution in [1.29, 1.82) is 0 Å². The number of aryl methyl sites for hydroxylation is 1. The number of thioether (sulfide) groups is 1. The third-order valence-corrected chi connectivity index (χ3v) is 2.44. The summed E-state index contributed by atoms with van der Waals surface area (Å²) < 4.78 is 1.45. The van der Waals surface area contributed by atoms with Crippen LogP contribution in [0.1, 0.15) is 18.9 Å². The number of aromatic nitrogens is 3. The number of carboxylic acids is 1. The smallest absolute Gasteiger partial charge is 0.313 e. The summed E-state index contributed by atoms with van der Waals surface area (Å²) in [7, 11) is 1.66. The van der Waals surface area contributed by atoms with Gasteiger partial charge in [0.15, 0.2) is 11.0 Å². The molecule has 0 spiro atoms. The van der Waals surface area contributed by atoms with Crippen molar-refractivity contribution >= 4 is 17.7 Å². The lowest BCUT2D eigenvalue weighted by atomic mass is 10.4. The van der Waals surface area contributed by atoms with E-state index >= 15 is 0 Å². The van der Waals surface area contributed by atoms with E-state index in [2.05, 4.69) is 10.1 Å². The number of nitrogens with zero attached hydrogens (tertiary/aromatic N) is 3. The number of aliphatic carboxylic acids is 1. The van der Waals surface area contributed by atoms with Crippen LogP contribution in [0, 0.1) is 0 Å². The van der Waals surface area contributed by atoms with E-state index in [1.54, 1.807) is 14.0 Å². The number of rotatable bonds is 4. The zero-order valence-electron chi connectivity index (χ0n) is 7.84. The van der Waals surface area contributed by atoms with Gasteiger partial charge in [-0.1, -0.05) is 11.8 Å². The Bertz CT molecular complexity index is 337. The molecule has 1 heterocycles. The maximum atomic E-state index is 10.3. The van der Waals surface area contributed by atoms with Crippen LogP contribution < -0.4 is 0 Å². The summed E-state index contributed by atoms with van der Waals surface area (Å²) in [6, 6.07) is 0. The van der Waals surface area contributed by atoms with Crippen LogP contribution in [0.3, 0.4) is 0 Å². The number of hydrogen-bond acceptors (Lipinski definition) is 5. The first-order valence-corrected chi connectivity index (χ1v) is 4.93. The number of aliphatic hydroxyl groups excluding tert-OH is 1. The summed E-state index contributed by atoms with van der Waals surface area (Å²) in [6.45, 7) is 1.56. The van der Waals surface area contributed by atoms with Crippen LogP contribution in [0.25, 0.3) is 0 Å². The molecular formula is C7H11N3O3S. The third-order valence-electron chi connectivity index (χ3n) is 1.44. The van der Waals surface area contributed by atoms with E-state index in [0.717, 1.165) is 11.8 Å². The molecule has 0 aromatic carbocycles. The minimum absolute atomic E-state index is 0.0637. The van der Waals surface area contributed by atoms with Crippen molar-refractivity contribution in [3.8, 4) is 0 Å². The minimum atomic E-state index is -0.906. The molecule has 6 nitrogen and oxygen atoms in total. The molecule has 78 valence electrons. The summed E-state index contributed by atoms with van der Waals surface area (Å²) in [5.41, 5.74) is 0. The molecule has 0 amide bonds. The van der Waals surface area contributed by atoms with Gasteiger partial charge in [-0.15, -0.1) is 0 Å². The fraction of sp³-hybridized carbons (Fsp3) is 0.571. The average Bonchev–Trinajstić information content (AvgIpc) is 2.43. The first-order valence-electron chi connectivity index (χ1n) is 3.94. The molecule has 0 aliphatic rings. The van der Waals surface area contributed by atoms with Crippen LogP contribution >= 0.6 is 11.8 Å². The molecule has 0 saturated carbocycles. The van der Waals surface area contributed by atoms with Crippen LogP contribution in [0.15, 0.2) is 5.16 Å². The number of aliphatic hydroxyl groups is 1. The largest absolute Gasteiger partial charge is 0.481 e. The fourth-order valence-electron chi connectivity index (χ4n) is 0.818. The van der Waals surface area contributed by atoms with Crippen molar-refractivity contribution in [2.24, 2.45) is 7.05 Å². The van der Waals surface area contributed by atoms with Gasteiger partial charge < -0.3 is 10.2 Å². The predicted octanol–water partition coefficient (Wildman–Crippen LogP) is 0.0451. The van der Waals surface area contributed by atoms with Gasteiger partial charge in [-0.25, -0.2) is 9.67 Å². The van der Waals surface area contributed by atoms with Gasteiger partial charge in [0.1, 0.15) is 6.10 Å². The van der Waals surface area contributed by atoms with E-state index in [4.69, 9.17) is 5.11 Å². The van der Waals surface area contributed by atoms with Crippen LogP contribution in [-0.2, 0) is 11.8 Å². The van der Waals surface area contributed by atoms with Gasteiger partial charge >= 0.3 is 5.97 Å². The van der Waals surface area contributed by atoms with Crippen molar-refractivity contribution in [2.45, 2.75) is 18.2 Å². The molecule has 7 heteroatoms. The third kappa shape index (κ3) is 2.71. The molecule has 0 saturated heterocycles. The molecule has 1 aromatic rings. The van der Waals surface area contributed by atoms with E-state index in [1.165, 1.54) is 4.68 Å². The molecule has 0 aliphatic carbocycles. The molecule has 0 fully saturated rings. The van der Waals surface area contributed by atoms with E-state index in [-0.39, 0.29) is 5.75 Å². The molecule has 1 unspecified atom stereocenters. The number of carbonyl (C=O) groups is 1. The lowest BCUT2D eigenvalue weighted by Crippen LogP contribution is -2.00. The molecule has 14 heavy (non-hydrogen) atoms. The average molecular weight is 217 g/mol. The lowest BCUT2D eigenvalue weighted by molar-refractivity contribution is -0.133. The minimum Gasteiger partial charge on any atom is -0.481 e. The molecule has 0 bridgehead atoms. The van der Waals surface area contributed by atoms with Gasteiger partial charge in [0.25, 0.3) is 0 Å². The molecule has 2 N–H and O–H groups in total. The summed E-state index contributed by atoms with van der Waals surface area (Å²) >= 11 is 1.07. The summed E-state index contributed by atoms with van der Waals surface area (Å²) in [5.74, 6) is -0.664. The van der Waals surface area contributed by atoms with Crippen molar-refractivity contribution in [3.63, 3.8) is 0 Å². The van der Waals surface area contributed by atoms with E-state index in [0.29, 0.717) is 11.0 Å². The molecule has 1 aromatic heterocycles. The highest BCUT2D eigenvalue weighted by Crippen LogP contribution is 2.16. The van der Waals surface area contributed by atoms with Crippen molar-refractivity contribution in [2.75, 3.05) is 5.75 Å². The molecular weight excluding hydrogens is 206 g/mol. The molecule has 1 rings (SSSR count). The van der Waals surface area contributed by atoms with Gasteiger partial charge in [-0.05, 0) is 6.92 Å². The normalized spacial score (nSPS) is 12.8.